The summed E-state index contributed by atoms with van der Waals surface area (Å²) in [5, 5.41) is 13.2. The highest BCUT2D eigenvalue weighted by Crippen LogP contribution is 2.62. The predicted molar refractivity (Wildman–Crippen MR) is 125 cm³/mol. The number of fused-ring (bicyclic) bond motifs is 2. The third-order valence-electron chi connectivity index (χ3n) is 8.93. The molecule has 1 saturated heterocycles. The highest BCUT2D eigenvalue weighted by molar-refractivity contribution is 5.80. The standard InChI is InChI=1S/C27H31FN2O4/c28-23-10-9-22(34-23)18-5-1-7-20-25(18)19(15-29-20)27(11-12-27)14-24(31)30-13-3-6-16-17(26(32)33)4-2-8-21(16)30/h1,5,7,9-10,16-17,19,21,29H,2-4,6,8,11-15H2,(H,32,33). The Labute approximate surface area is 198 Å². The predicted octanol–water partition coefficient (Wildman–Crippen LogP) is 5.26. The fourth-order valence-corrected chi connectivity index (χ4v) is 7.12. The molecular formula is C27H31FN2O4. The molecule has 2 N–H and O–H groups in total. The lowest BCUT2D eigenvalue weighted by molar-refractivity contribution is -0.152. The van der Waals surface area contributed by atoms with Gasteiger partial charge in [0.05, 0.1) is 5.92 Å². The Morgan fingerprint density at radius 1 is 1.15 bits per heavy atom. The molecule has 180 valence electrons. The summed E-state index contributed by atoms with van der Waals surface area (Å²) >= 11 is 0. The molecular weight excluding hydrogens is 435 g/mol. The minimum Gasteiger partial charge on any atom is -0.481 e. The number of furan rings is 1. The van der Waals surface area contributed by atoms with E-state index in [-0.39, 0.29) is 35.1 Å². The molecule has 1 amide bonds. The fourth-order valence-electron chi connectivity index (χ4n) is 7.12. The van der Waals surface area contributed by atoms with Gasteiger partial charge in [-0.3, -0.25) is 9.59 Å². The number of hydrogen-bond donors (Lipinski definition) is 2. The van der Waals surface area contributed by atoms with Gasteiger partial charge in [0.25, 0.3) is 6.01 Å². The maximum atomic E-state index is 13.7. The van der Waals surface area contributed by atoms with Crippen LogP contribution in [0.3, 0.4) is 0 Å². The molecule has 0 radical (unpaired) electrons. The minimum atomic E-state index is -0.710. The molecule has 1 aromatic heterocycles. The quantitative estimate of drug-likeness (QED) is 0.628. The molecule has 2 aliphatic carbocycles. The van der Waals surface area contributed by atoms with Gasteiger partial charge in [-0.15, -0.1) is 0 Å². The minimum absolute atomic E-state index is 0.0579. The van der Waals surface area contributed by atoms with Crippen molar-refractivity contribution in [1.82, 2.24) is 4.90 Å². The third kappa shape index (κ3) is 3.51. The number of carbonyl (C=O) groups is 2. The number of aliphatic carboxylic acids is 1. The number of nitrogens with zero attached hydrogens (tertiary/aromatic N) is 1. The van der Waals surface area contributed by atoms with Gasteiger partial charge in [-0.25, -0.2) is 0 Å². The van der Waals surface area contributed by atoms with Gasteiger partial charge in [-0.2, -0.15) is 4.39 Å². The summed E-state index contributed by atoms with van der Waals surface area (Å²) in [4.78, 5) is 27.6. The van der Waals surface area contributed by atoms with E-state index in [0.29, 0.717) is 12.2 Å². The third-order valence-corrected chi connectivity index (χ3v) is 8.93. The van der Waals surface area contributed by atoms with Crippen LogP contribution in [0.5, 0.6) is 0 Å². The summed E-state index contributed by atoms with van der Waals surface area (Å²) in [5.74, 6) is -0.105. The fraction of sp³-hybridized carbons (Fsp3) is 0.556. The Bertz CT molecular complexity index is 1120. The molecule has 0 bridgehead atoms. The van der Waals surface area contributed by atoms with Crippen molar-refractivity contribution in [2.75, 3.05) is 18.4 Å². The first-order valence-corrected chi connectivity index (χ1v) is 12.6. The number of carbonyl (C=O) groups excluding carboxylic acids is 1. The van der Waals surface area contributed by atoms with Gasteiger partial charge in [0.2, 0.25) is 5.91 Å². The molecule has 2 saturated carbocycles. The van der Waals surface area contributed by atoms with Crippen LogP contribution in [0.1, 0.15) is 62.8 Å². The van der Waals surface area contributed by atoms with Crippen LogP contribution in [-0.4, -0.2) is 41.0 Å². The summed E-state index contributed by atoms with van der Waals surface area (Å²) < 4.78 is 19.0. The van der Waals surface area contributed by atoms with E-state index in [2.05, 4.69) is 5.32 Å². The van der Waals surface area contributed by atoms with E-state index in [1.807, 2.05) is 23.1 Å². The van der Waals surface area contributed by atoms with E-state index in [9.17, 15) is 19.1 Å². The summed E-state index contributed by atoms with van der Waals surface area (Å²) in [6.07, 6.45) is 6.76. The Hall–Kier alpha value is -2.83. The van der Waals surface area contributed by atoms with Gasteiger partial charge in [0.15, 0.2) is 0 Å². The maximum Gasteiger partial charge on any atom is 0.306 e. The Morgan fingerprint density at radius 3 is 2.74 bits per heavy atom. The van der Waals surface area contributed by atoms with Crippen molar-refractivity contribution in [3.8, 4) is 11.3 Å². The Morgan fingerprint density at radius 2 is 2.00 bits per heavy atom. The highest BCUT2D eigenvalue weighted by atomic mass is 19.1. The van der Waals surface area contributed by atoms with E-state index < -0.39 is 12.0 Å². The van der Waals surface area contributed by atoms with E-state index in [4.69, 9.17) is 4.42 Å². The summed E-state index contributed by atoms with van der Waals surface area (Å²) in [6.45, 7) is 1.49. The maximum absolute atomic E-state index is 13.7. The van der Waals surface area contributed by atoms with E-state index in [1.54, 1.807) is 6.07 Å². The molecule has 7 heteroatoms. The van der Waals surface area contributed by atoms with Crippen molar-refractivity contribution in [2.45, 2.75) is 63.3 Å². The Kier molecular flexibility index (Phi) is 5.19. The zero-order chi connectivity index (χ0) is 23.4. The zero-order valence-corrected chi connectivity index (χ0v) is 19.3. The number of halogens is 1. The lowest BCUT2D eigenvalue weighted by Crippen LogP contribution is -2.53. The second-order valence-electron chi connectivity index (χ2n) is 10.7. The number of benzene rings is 1. The van der Waals surface area contributed by atoms with Gasteiger partial charge < -0.3 is 19.7 Å². The van der Waals surface area contributed by atoms with E-state index >= 15 is 0 Å². The Balaban J connectivity index is 1.25. The molecule has 0 spiro atoms. The lowest BCUT2D eigenvalue weighted by atomic mass is 9.71. The first-order chi connectivity index (χ1) is 16.5. The molecule has 6 rings (SSSR count). The van der Waals surface area contributed by atoms with Crippen LogP contribution < -0.4 is 5.32 Å². The number of nitrogens with one attached hydrogen (secondary N) is 1. The van der Waals surface area contributed by atoms with Gasteiger partial charge in [-0.1, -0.05) is 18.6 Å². The van der Waals surface area contributed by atoms with Crippen LogP contribution in [-0.2, 0) is 9.59 Å². The number of carboxylic acid groups (broad SMARTS) is 1. The monoisotopic (exact) mass is 466 g/mol. The van der Waals surface area contributed by atoms with Crippen LogP contribution in [0.2, 0.25) is 0 Å². The molecule has 4 aliphatic rings. The van der Waals surface area contributed by atoms with Gasteiger partial charge in [-0.05, 0) is 67.6 Å². The van der Waals surface area contributed by atoms with Crippen molar-refractivity contribution >= 4 is 17.6 Å². The SMILES string of the molecule is O=C(O)C1CCCC2C1CCCN2C(=O)CC1(C2CNc3cccc(-c4ccc(F)o4)c32)CC1. The first-order valence-electron chi connectivity index (χ1n) is 12.6. The molecule has 2 aromatic rings. The normalized spacial score (nSPS) is 29.1. The first kappa shape index (κ1) is 21.7. The summed E-state index contributed by atoms with van der Waals surface area (Å²) in [7, 11) is 0. The molecule has 6 nitrogen and oxygen atoms in total. The molecule has 34 heavy (non-hydrogen) atoms. The molecule has 3 fully saturated rings. The molecule has 1 aromatic carbocycles. The second kappa shape index (κ2) is 8.14. The second-order valence-corrected chi connectivity index (χ2v) is 10.7. The van der Waals surface area contributed by atoms with E-state index in [0.717, 1.165) is 74.8 Å². The number of piperidine rings is 1. The average molecular weight is 467 g/mol. The van der Waals surface area contributed by atoms with Crippen molar-refractivity contribution in [2.24, 2.45) is 17.3 Å². The van der Waals surface area contributed by atoms with Crippen LogP contribution in [0.4, 0.5) is 10.1 Å². The summed E-state index contributed by atoms with van der Waals surface area (Å²) in [5.41, 5.74) is 2.95. The lowest BCUT2D eigenvalue weighted by Gasteiger charge is -2.47. The largest absolute Gasteiger partial charge is 0.481 e. The smallest absolute Gasteiger partial charge is 0.306 e. The van der Waals surface area contributed by atoms with Crippen molar-refractivity contribution < 1.29 is 23.5 Å². The topological polar surface area (TPSA) is 82.8 Å². The summed E-state index contributed by atoms with van der Waals surface area (Å²) in [6, 6.07) is 8.42. The van der Waals surface area contributed by atoms with E-state index in [1.165, 1.54) is 6.07 Å². The van der Waals surface area contributed by atoms with Gasteiger partial charge in [0.1, 0.15) is 5.76 Å². The van der Waals surface area contributed by atoms with Crippen LogP contribution in [0.15, 0.2) is 34.7 Å². The van der Waals surface area contributed by atoms with Crippen molar-refractivity contribution in [3.63, 3.8) is 0 Å². The molecule has 3 heterocycles. The van der Waals surface area contributed by atoms with Gasteiger partial charge in [0, 0.05) is 48.8 Å². The van der Waals surface area contributed by atoms with Crippen LogP contribution in [0, 0.1) is 23.3 Å². The zero-order valence-electron chi connectivity index (χ0n) is 19.3. The van der Waals surface area contributed by atoms with Gasteiger partial charge >= 0.3 is 5.97 Å². The molecule has 4 atom stereocenters. The number of carboxylic acids is 1. The van der Waals surface area contributed by atoms with Crippen LogP contribution in [0.25, 0.3) is 11.3 Å². The van der Waals surface area contributed by atoms with Crippen molar-refractivity contribution in [3.05, 3.63) is 41.9 Å². The molecule has 2 aliphatic heterocycles. The number of rotatable bonds is 5. The van der Waals surface area contributed by atoms with Crippen molar-refractivity contribution in [1.29, 1.82) is 0 Å². The highest BCUT2D eigenvalue weighted by Gasteiger charge is 2.55. The van der Waals surface area contributed by atoms with Crippen LogP contribution >= 0.6 is 0 Å². The molecule has 4 unspecified atom stereocenters. The number of likely N-dealkylation sites (tertiary alicyclic amines) is 1. The number of hydrogen-bond acceptors (Lipinski definition) is 4. The number of amides is 1. The average Bonchev–Trinajstić information content (AvgIpc) is 3.25. The number of anilines is 1.